The van der Waals surface area contributed by atoms with Crippen molar-refractivity contribution in [3.8, 4) is 5.75 Å². The third kappa shape index (κ3) is 3.68. The highest BCUT2D eigenvalue weighted by Gasteiger charge is 2.54. The van der Waals surface area contributed by atoms with Crippen LogP contribution in [0.25, 0.3) is 0 Å². The zero-order valence-corrected chi connectivity index (χ0v) is 19.7. The molecule has 0 N–H and O–H groups in total. The van der Waals surface area contributed by atoms with Crippen LogP contribution in [-0.4, -0.2) is 19.1 Å². The number of rotatable bonds is 7. The van der Waals surface area contributed by atoms with E-state index in [1.165, 1.54) is 0 Å². The monoisotopic (exact) mass is 437 g/mol. The lowest BCUT2D eigenvalue weighted by Crippen LogP contribution is -2.42. The Bertz CT molecular complexity index is 1190. The fourth-order valence-corrected chi connectivity index (χ4v) is 4.71. The summed E-state index contributed by atoms with van der Waals surface area (Å²) in [6.45, 7) is 15.0. The molecule has 33 heavy (non-hydrogen) atoms. The number of carbonyl (C=O) groups is 1. The maximum atomic E-state index is 14.5. The van der Waals surface area contributed by atoms with Crippen LogP contribution in [0.1, 0.15) is 43.0 Å². The van der Waals surface area contributed by atoms with Crippen molar-refractivity contribution in [2.75, 3.05) is 18.1 Å². The molecule has 3 heteroatoms. The Hall–Kier alpha value is -3.59. The summed E-state index contributed by atoms with van der Waals surface area (Å²) in [5, 5.41) is 0. The SMILES string of the molecule is C=CCOc1ccc(C(C)(C)C)cc1C1(c2ccccc2)C(=O)N(CC=C)c2ccccc21. The molecule has 0 radical (unpaired) electrons. The van der Waals surface area contributed by atoms with Gasteiger partial charge < -0.3 is 9.64 Å². The number of hydrogen-bond donors (Lipinski definition) is 0. The molecule has 1 atom stereocenters. The number of amides is 1. The highest BCUT2D eigenvalue weighted by Crippen LogP contribution is 2.53. The van der Waals surface area contributed by atoms with E-state index in [-0.39, 0.29) is 11.3 Å². The van der Waals surface area contributed by atoms with Gasteiger partial charge in [-0.1, -0.05) is 94.1 Å². The number of hydrogen-bond acceptors (Lipinski definition) is 2. The molecule has 0 saturated heterocycles. The first kappa shape index (κ1) is 22.6. The second kappa shape index (κ2) is 8.74. The lowest BCUT2D eigenvalue weighted by Gasteiger charge is -2.33. The van der Waals surface area contributed by atoms with Crippen molar-refractivity contribution in [2.24, 2.45) is 0 Å². The molecular formula is C30H31NO2. The van der Waals surface area contributed by atoms with E-state index in [1.807, 2.05) is 59.5 Å². The molecule has 1 aliphatic heterocycles. The molecule has 0 bridgehead atoms. The van der Waals surface area contributed by atoms with Gasteiger partial charge in [0.15, 0.2) is 0 Å². The topological polar surface area (TPSA) is 29.5 Å². The molecule has 3 nitrogen and oxygen atoms in total. The van der Waals surface area contributed by atoms with E-state index in [0.717, 1.165) is 27.9 Å². The van der Waals surface area contributed by atoms with Gasteiger partial charge in [-0.15, -0.1) is 6.58 Å². The summed E-state index contributed by atoms with van der Waals surface area (Å²) in [6.07, 6.45) is 3.50. The summed E-state index contributed by atoms with van der Waals surface area (Å²) in [5.41, 5.74) is 3.66. The van der Waals surface area contributed by atoms with Gasteiger partial charge in [0, 0.05) is 23.4 Å². The van der Waals surface area contributed by atoms with Gasteiger partial charge in [0.2, 0.25) is 5.91 Å². The summed E-state index contributed by atoms with van der Waals surface area (Å²) in [5.74, 6) is 0.694. The molecule has 3 aromatic carbocycles. The first-order chi connectivity index (χ1) is 15.9. The molecule has 0 aliphatic carbocycles. The van der Waals surface area contributed by atoms with Crippen molar-refractivity contribution >= 4 is 11.6 Å². The van der Waals surface area contributed by atoms with Crippen molar-refractivity contribution in [1.29, 1.82) is 0 Å². The highest BCUT2D eigenvalue weighted by molar-refractivity contribution is 6.13. The van der Waals surface area contributed by atoms with Gasteiger partial charge in [-0.2, -0.15) is 0 Å². The molecular weight excluding hydrogens is 406 g/mol. The van der Waals surface area contributed by atoms with E-state index in [0.29, 0.717) is 18.9 Å². The fraction of sp³-hybridized carbons (Fsp3) is 0.233. The van der Waals surface area contributed by atoms with E-state index < -0.39 is 5.41 Å². The third-order valence-electron chi connectivity index (χ3n) is 6.29. The second-order valence-electron chi connectivity index (χ2n) is 9.40. The lowest BCUT2D eigenvalue weighted by molar-refractivity contribution is -0.120. The first-order valence-electron chi connectivity index (χ1n) is 11.3. The average Bonchev–Trinajstić information content (AvgIpc) is 3.06. The number of para-hydroxylation sites is 1. The fourth-order valence-electron chi connectivity index (χ4n) is 4.71. The van der Waals surface area contributed by atoms with Gasteiger partial charge in [-0.25, -0.2) is 0 Å². The molecule has 3 aromatic rings. The maximum Gasteiger partial charge on any atom is 0.247 e. The summed E-state index contributed by atoms with van der Waals surface area (Å²) < 4.78 is 6.16. The van der Waals surface area contributed by atoms with E-state index in [9.17, 15) is 4.79 Å². The molecule has 0 aromatic heterocycles. The van der Waals surface area contributed by atoms with E-state index in [1.54, 1.807) is 12.2 Å². The Balaban J connectivity index is 2.13. The Labute approximate surface area is 197 Å². The van der Waals surface area contributed by atoms with Crippen molar-refractivity contribution in [3.63, 3.8) is 0 Å². The molecule has 0 saturated carbocycles. The van der Waals surface area contributed by atoms with Crippen molar-refractivity contribution < 1.29 is 9.53 Å². The van der Waals surface area contributed by atoms with E-state index in [2.05, 4.69) is 52.1 Å². The van der Waals surface area contributed by atoms with Crippen LogP contribution in [0.5, 0.6) is 5.75 Å². The molecule has 0 fully saturated rings. The van der Waals surface area contributed by atoms with Crippen molar-refractivity contribution in [2.45, 2.75) is 31.6 Å². The van der Waals surface area contributed by atoms with Crippen molar-refractivity contribution in [1.82, 2.24) is 0 Å². The van der Waals surface area contributed by atoms with Crippen LogP contribution in [0, 0.1) is 0 Å². The number of benzene rings is 3. The van der Waals surface area contributed by atoms with Crippen LogP contribution in [0.3, 0.4) is 0 Å². The van der Waals surface area contributed by atoms with E-state index in [4.69, 9.17) is 4.74 Å². The molecule has 4 rings (SSSR count). The summed E-state index contributed by atoms with van der Waals surface area (Å²) in [7, 11) is 0. The van der Waals surface area contributed by atoms with Gasteiger partial charge in [0.25, 0.3) is 0 Å². The van der Waals surface area contributed by atoms with Gasteiger partial charge in [0.1, 0.15) is 17.8 Å². The van der Waals surface area contributed by atoms with Crippen LogP contribution in [0.2, 0.25) is 0 Å². The highest BCUT2D eigenvalue weighted by atomic mass is 16.5. The zero-order valence-electron chi connectivity index (χ0n) is 19.7. The Morgan fingerprint density at radius 1 is 0.909 bits per heavy atom. The van der Waals surface area contributed by atoms with Crippen LogP contribution in [-0.2, 0) is 15.6 Å². The van der Waals surface area contributed by atoms with Crippen LogP contribution >= 0.6 is 0 Å². The van der Waals surface area contributed by atoms with Crippen LogP contribution < -0.4 is 9.64 Å². The minimum Gasteiger partial charge on any atom is -0.489 e. The summed E-state index contributed by atoms with van der Waals surface area (Å²) >= 11 is 0. The molecule has 1 heterocycles. The van der Waals surface area contributed by atoms with Gasteiger partial charge in [-0.05, 0) is 34.7 Å². The molecule has 168 valence electrons. The lowest BCUT2D eigenvalue weighted by atomic mass is 9.68. The molecule has 0 spiro atoms. The smallest absolute Gasteiger partial charge is 0.247 e. The summed E-state index contributed by atoms with van der Waals surface area (Å²) in [6, 6.07) is 24.3. The summed E-state index contributed by atoms with van der Waals surface area (Å²) in [4.78, 5) is 16.3. The Kier molecular flexibility index (Phi) is 5.99. The number of ether oxygens (including phenoxy) is 1. The minimum absolute atomic E-state index is 0.00399. The molecule has 1 aliphatic rings. The number of nitrogens with zero attached hydrogens (tertiary/aromatic N) is 1. The Morgan fingerprint density at radius 3 is 2.27 bits per heavy atom. The first-order valence-corrected chi connectivity index (χ1v) is 11.3. The average molecular weight is 438 g/mol. The van der Waals surface area contributed by atoms with Crippen LogP contribution in [0.15, 0.2) is 98.1 Å². The zero-order chi connectivity index (χ0) is 23.6. The third-order valence-corrected chi connectivity index (χ3v) is 6.29. The number of fused-ring (bicyclic) bond motifs is 1. The van der Waals surface area contributed by atoms with E-state index >= 15 is 0 Å². The maximum absolute atomic E-state index is 14.5. The quantitative estimate of drug-likeness (QED) is 0.399. The van der Waals surface area contributed by atoms with Gasteiger partial charge in [0.05, 0.1) is 0 Å². The molecule has 1 amide bonds. The normalized spacial score (nSPS) is 17.5. The van der Waals surface area contributed by atoms with Gasteiger partial charge >= 0.3 is 0 Å². The second-order valence-corrected chi connectivity index (χ2v) is 9.40. The number of carbonyl (C=O) groups excluding carboxylic acids is 1. The standard InChI is InChI=1S/C30H31NO2/c1-6-19-31-26-16-12-11-15-24(26)30(28(31)32,22-13-9-8-10-14-22)25-21-23(29(3,4)5)17-18-27(25)33-20-7-2/h6-18,21H,1-2,19-20H2,3-5H3. The van der Waals surface area contributed by atoms with Crippen molar-refractivity contribution in [3.05, 3.63) is 120 Å². The number of anilines is 1. The predicted molar refractivity (Wildman–Crippen MR) is 136 cm³/mol. The Morgan fingerprint density at radius 2 is 1.61 bits per heavy atom. The largest absolute Gasteiger partial charge is 0.489 e. The van der Waals surface area contributed by atoms with Gasteiger partial charge in [-0.3, -0.25) is 4.79 Å². The predicted octanol–water partition coefficient (Wildman–Crippen LogP) is 6.42. The molecule has 1 unspecified atom stereocenters. The van der Waals surface area contributed by atoms with Crippen LogP contribution in [0.4, 0.5) is 5.69 Å². The minimum atomic E-state index is -1.03.